The average molecular weight is 258 g/mol. The molecule has 0 atom stereocenters. The first kappa shape index (κ1) is 14.1. The molecule has 1 aromatic carbocycles. The number of nitrogens with one attached hydrogen (secondary N) is 1. The van der Waals surface area contributed by atoms with Gasteiger partial charge in [0, 0.05) is 20.6 Å². The van der Waals surface area contributed by atoms with Crippen LogP contribution in [0.1, 0.15) is 5.56 Å². The van der Waals surface area contributed by atoms with Crippen LogP contribution < -0.4 is 4.72 Å². The Bertz CT molecular complexity index is 418. The molecule has 0 spiro atoms. The van der Waals surface area contributed by atoms with E-state index in [1.54, 1.807) is 0 Å². The minimum atomic E-state index is -3.34. The topological polar surface area (TPSA) is 58.6 Å². The molecule has 1 N–H and O–H groups in total. The molecule has 0 aliphatic carbocycles. The first-order valence-electron chi connectivity index (χ1n) is 5.31. The smallest absolute Gasteiger partial charge is 0.279 e. The van der Waals surface area contributed by atoms with Crippen LogP contribution in [0.25, 0.3) is 0 Å². The van der Waals surface area contributed by atoms with Crippen molar-refractivity contribution in [3.63, 3.8) is 0 Å². The summed E-state index contributed by atoms with van der Waals surface area (Å²) in [5, 5.41) is 0. The Hall–Kier alpha value is -0.950. The molecule has 17 heavy (non-hydrogen) atoms. The molecule has 0 heterocycles. The summed E-state index contributed by atoms with van der Waals surface area (Å²) in [5.41, 5.74) is 1.07. The highest BCUT2D eigenvalue weighted by molar-refractivity contribution is 7.87. The van der Waals surface area contributed by atoms with Crippen LogP contribution in [0.3, 0.4) is 0 Å². The number of rotatable bonds is 7. The van der Waals surface area contributed by atoms with E-state index in [9.17, 15) is 8.42 Å². The molecule has 1 aromatic rings. The van der Waals surface area contributed by atoms with Crippen molar-refractivity contribution in [1.29, 1.82) is 0 Å². The Morgan fingerprint density at radius 1 is 1.24 bits per heavy atom. The lowest BCUT2D eigenvalue weighted by molar-refractivity contribution is 0.126. The molecular formula is C11H18N2O3S. The summed E-state index contributed by atoms with van der Waals surface area (Å²) in [5.74, 6) is 0. The molecule has 0 unspecified atom stereocenters. The number of hydrogen-bond acceptors (Lipinski definition) is 3. The molecule has 6 heteroatoms. The zero-order chi connectivity index (χ0) is 12.7. The molecule has 0 radical (unpaired) electrons. The third-order valence-electron chi connectivity index (χ3n) is 2.12. The van der Waals surface area contributed by atoms with E-state index in [1.807, 2.05) is 30.3 Å². The summed E-state index contributed by atoms with van der Waals surface area (Å²) in [6.45, 7) is 1.11. The third kappa shape index (κ3) is 5.27. The summed E-state index contributed by atoms with van der Waals surface area (Å²) in [4.78, 5) is 0. The van der Waals surface area contributed by atoms with Crippen molar-refractivity contribution < 1.29 is 13.2 Å². The van der Waals surface area contributed by atoms with Gasteiger partial charge in [-0.2, -0.15) is 17.4 Å². The summed E-state index contributed by atoms with van der Waals surface area (Å²) < 4.78 is 31.5. The van der Waals surface area contributed by atoms with Gasteiger partial charge in [-0.05, 0) is 5.56 Å². The van der Waals surface area contributed by atoms with Gasteiger partial charge in [0.1, 0.15) is 0 Å². The maximum absolute atomic E-state index is 11.3. The van der Waals surface area contributed by atoms with Crippen molar-refractivity contribution in [1.82, 2.24) is 9.03 Å². The molecule has 96 valence electrons. The van der Waals surface area contributed by atoms with Crippen LogP contribution in [0, 0.1) is 0 Å². The number of nitrogens with zero attached hydrogens (tertiary/aromatic N) is 1. The quantitative estimate of drug-likeness (QED) is 0.729. The molecule has 0 aliphatic heterocycles. The lowest BCUT2D eigenvalue weighted by Gasteiger charge is -2.12. The maximum Gasteiger partial charge on any atom is 0.279 e. The normalized spacial score (nSPS) is 11.9. The van der Waals surface area contributed by atoms with Gasteiger partial charge in [-0.3, -0.25) is 0 Å². The van der Waals surface area contributed by atoms with Crippen LogP contribution in [0.5, 0.6) is 0 Å². The molecule has 5 nitrogen and oxygen atoms in total. The molecule has 0 fully saturated rings. The number of hydrogen-bond donors (Lipinski definition) is 1. The van der Waals surface area contributed by atoms with Crippen LogP contribution in [0.4, 0.5) is 0 Å². The molecule has 0 saturated carbocycles. The fraction of sp³-hybridized carbons (Fsp3) is 0.455. The third-order valence-corrected chi connectivity index (χ3v) is 3.65. The minimum Gasteiger partial charge on any atom is -0.375 e. The Kier molecular flexibility index (Phi) is 5.57. The Morgan fingerprint density at radius 2 is 1.88 bits per heavy atom. The monoisotopic (exact) mass is 258 g/mol. The highest BCUT2D eigenvalue weighted by Gasteiger charge is 2.10. The number of ether oxygens (including phenoxy) is 1. The van der Waals surface area contributed by atoms with Crippen LogP contribution in [-0.2, 0) is 21.6 Å². The number of benzene rings is 1. The first-order valence-corrected chi connectivity index (χ1v) is 6.75. The van der Waals surface area contributed by atoms with Gasteiger partial charge in [0.05, 0.1) is 13.2 Å². The zero-order valence-corrected chi connectivity index (χ0v) is 10.9. The summed E-state index contributed by atoms with van der Waals surface area (Å²) >= 11 is 0. The second-order valence-electron chi connectivity index (χ2n) is 3.72. The largest absolute Gasteiger partial charge is 0.375 e. The standard InChI is InChI=1S/C11H18N2O3S/c1-13(2)17(14,15)12-8-9-16-10-11-6-4-3-5-7-11/h3-7,12H,8-10H2,1-2H3. The molecule has 0 bridgehead atoms. The van der Waals surface area contributed by atoms with E-state index in [1.165, 1.54) is 14.1 Å². The van der Waals surface area contributed by atoms with E-state index in [0.717, 1.165) is 9.87 Å². The second-order valence-corrected chi connectivity index (χ2v) is 5.69. The van der Waals surface area contributed by atoms with Crippen molar-refractivity contribution >= 4 is 10.2 Å². The van der Waals surface area contributed by atoms with Crippen LogP contribution in [0.15, 0.2) is 30.3 Å². The van der Waals surface area contributed by atoms with Gasteiger partial charge >= 0.3 is 0 Å². The lowest BCUT2D eigenvalue weighted by atomic mass is 10.2. The maximum atomic E-state index is 11.3. The van der Waals surface area contributed by atoms with Crippen molar-refractivity contribution in [3.8, 4) is 0 Å². The van der Waals surface area contributed by atoms with Crippen LogP contribution in [0.2, 0.25) is 0 Å². The zero-order valence-electron chi connectivity index (χ0n) is 10.1. The van der Waals surface area contributed by atoms with E-state index < -0.39 is 10.2 Å². The minimum absolute atomic E-state index is 0.271. The molecule has 0 aliphatic rings. The van der Waals surface area contributed by atoms with Crippen LogP contribution >= 0.6 is 0 Å². The summed E-state index contributed by atoms with van der Waals surface area (Å²) in [6.07, 6.45) is 0. The van der Waals surface area contributed by atoms with Gasteiger partial charge in [-0.25, -0.2) is 0 Å². The van der Waals surface area contributed by atoms with Gasteiger partial charge in [-0.15, -0.1) is 0 Å². The second kappa shape index (κ2) is 6.70. The Balaban J connectivity index is 2.18. The molecule has 0 amide bonds. The van der Waals surface area contributed by atoms with E-state index >= 15 is 0 Å². The highest BCUT2D eigenvalue weighted by atomic mass is 32.2. The van der Waals surface area contributed by atoms with Gasteiger partial charge in [-0.1, -0.05) is 30.3 Å². The predicted octanol–water partition coefficient (Wildman–Crippen LogP) is 0.599. The van der Waals surface area contributed by atoms with E-state index in [2.05, 4.69) is 4.72 Å². The summed E-state index contributed by atoms with van der Waals surface area (Å²) in [6, 6.07) is 9.74. The lowest BCUT2D eigenvalue weighted by Crippen LogP contribution is -2.37. The average Bonchev–Trinajstić information content (AvgIpc) is 2.29. The molecule has 1 rings (SSSR count). The molecule has 0 saturated heterocycles. The summed E-state index contributed by atoms with van der Waals surface area (Å²) in [7, 11) is -0.381. The van der Waals surface area contributed by atoms with Crippen molar-refractivity contribution in [2.24, 2.45) is 0 Å². The molecular weight excluding hydrogens is 240 g/mol. The van der Waals surface area contributed by atoms with Crippen molar-refractivity contribution in [2.45, 2.75) is 6.61 Å². The van der Waals surface area contributed by atoms with E-state index in [0.29, 0.717) is 13.2 Å². The van der Waals surface area contributed by atoms with Crippen molar-refractivity contribution in [3.05, 3.63) is 35.9 Å². The van der Waals surface area contributed by atoms with Gasteiger partial charge < -0.3 is 4.74 Å². The SMILES string of the molecule is CN(C)S(=O)(=O)NCCOCc1ccccc1. The van der Waals surface area contributed by atoms with Crippen molar-refractivity contribution in [2.75, 3.05) is 27.2 Å². The van der Waals surface area contributed by atoms with Crippen LogP contribution in [-0.4, -0.2) is 40.0 Å². The predicted molar refractivity (Wildman–Crippen MR) is 66.7 cm³/mol. The Labute approximate surface area is 103 Å². The molecule has 0 aromatic heterocycles. The Morgan fingerprint density at radius 3 is 2.47 bits per heavy atom. The van der Waals surface area contributed by atoms with E-state index in [4.69, 9.17) is 4.74 Å². The fourth-order valence-electron chi connectivity index (χ4n) is 1.14. The van der Waals surface area contributed by atoms with Gasteiger partial charge in [0.25, 0.3) is 10.2 Å². The highest BCUT2D eigenvalue weighted by Crippen LogP contribution is 1.99. The first-order chi connectivity index (χ1) is 8.02. The van der Waals surface area contributed by atoms with Gasteiger partial charge in [0.2, 0.25) is 0 Å². The fourth-order valence-corrected chi connectivity index (χ4v) is 1.74. The van der Waals surface area contributed by atoms with Gasteiger partial charge in [0.15, 0.2) is 0 Å². The van der Waals surface area contributed by atoms with E-state index in [-0.39, 0.29) is 6.54 Å².